The van der Waals surface area contributed by atoms with Crippen LogP contribution in [0.15, 0.2) is 5.34 Å². The molecule has 0 saturated heterocycles. The van der Waals surface area contributed by atoms with Crippen molar-refractivity contribution in [3.05, 3.63) is 10.1 Å². The Bertz CT molecular complexity index is 23.2. The third kappa shape index (κ3) is 3880. The maximum absolute atomic E-state index is 8.00. The number of hydrogen-bond donors (Lipinski definition) is 0. The Morgan fingerprint density at radius 2 is 2.25 bits per heavy atom. The fourth-order valence-corrected chi connectivity index (χ4v) is 0. The van der Waals surface area contributed by atoms with Crippen molar-refractivity contribution in [3.8, 4) is 0 Å². The van der Waals surface area contributed by atoms with E-state index in [1.54, 1.807) is 0 Å². The fourth-order valence-electron chi connectivity index (χ4n) is 0. The van der Waals surface area contributed by atoms with E-state index >= 15 is 0 Å². The monoisotopic (exact) mass is 121 g/mol. The van der Waals surface area contributed by atoms with Crippen molar-refractivity contribution < 1.29 is 28.0 Å². The van der Waals surface area contributed by atoms with Gasteiger partial charge in [0.25, 0.3) is 0 Å². The van der Waals surface area contributed by atoms with Crippen LogP contribution in [0.3, 0.4) is 0 Å². The first-order valence-corrected chi connectivity index (χ1v) is 0.365. The average Bonchev–Trinajstić information content (AvgIpc) is 0.918. The second-order valence-electron chi connectivity index (χ2n) is 0.0745. The van der Waals surface area contributed by atoms with E-state index in [9.17, 15) is 0 Å². The van der Waals surface area contributed by atoms with Gasteiger partial charge < -0.3 is 11.5 Å². The van der Waals surface area contributed by atoms with Crippen LogP contribution in [0.1, 0.15) is 8.56 Å². The summed E-state index contributed by atoms with van der Waals surface area (Å²) in [6.07, 6.45) is 0. The summed E-state index contributed by atoms with van der Waals surface area (Å²) in [5.74, 6) is 0. The molecule has 0 fully saturated rings. The van der Waals surface area contributed by atoms with Gasteiger partial charge in [-0.3, -0.25) is 0 Å². The molecule has 0 rings (SSSR count). The van der Waals surface area contributed by atoms with Crippen LogP contribution in [0.4, 0.5) is 0 Å². The molecular weight excluding hydrogens is 111 g/mol. The molecule has 0 atom stereocenters. The van der Waals surface area contributed by atoms with Gasteiger partial charge in [0.2, 0.25) is 0 Å². The van der Waals surface area contributed by atoms with E-state index in [-0.39, 0.29) is 28.0 Å². The zero-order chi connectivity index (χ0) is 2.71. The summed E-state index contributed by atoms with van der Waals surface area (Å²) in [6.45, 7) is 0. The molecule has 4 heavy (non-hydrogen) atoms. The van der Waals surface area contributed by atoms with Crippen molar-refractivity contribution >= 4 is 0 Å². The fraction of sp³-hybridized carbons (Fsp3) is 0. The van der Waals surface area contributed by atoms with Gasteiger partial charge in [-0.15, -0.1) is 5.34 Å². The molecule has 0 aliphatic carbocycles. The van der Waals surface area contributed by atoms with Crippen LogP contribution in [-0.4, -0.2) is 0 Å². The van der Waals surface area contributed by atoms with E-state index in [2.05, 4.69) is 0 Å². The minimum atomic E-state index is 0. The molecule has 0 unspecified atom stereocenters. The normalized spacial score (nSPS) is 3.00. The maximum Gasteiger partial charge on any atom is 2.00 e. The van der Waals surface area contributed by atoms with Gasteiger partial charge >= 0.3 is 19.5 Å². The van der Waals surface area contributed by atoms with Crippen molar-refractivity contribution in [2.24, 2.45) is 5.34 Å². The van der Waals surface area contributed by atoms with Gasteiger partial charge in [0.1, 0.15) is 0 Å². The number of rotatable bonds is 0. The predicted octanol–water partition coefficient (Wildman–Crippen LogP) is 1.59. The molecule has 0 saturated carbocycles. The summed E-state index contributed by atoms with van der Waals surface area (Å²) in [6, 6.07) is 0. The van der Waals surface area contributed by atoms with Gasteiger partial charge in [-0.05, 0) is 0 Å². The molecule has 0 radical (unpaired) electrons. The first kappa shape index (κ1) is 8.98. The molecule has 0 spiro atoms. The smallest absolute Gasteiger partial charge is 1.00 e. The second kappa shape index (κ2) is 11.8. The zero-order valence-corrected chi connectivity index (χ0v) is 4.94. The molecule has 0 amide bonds. The standard InChI is InChI=1S/HNO2.Zn.5H2.H/c2-1-3;;;;;;;/h(H,2,3);;5*1H;/q;+2;;;;;;-1/p-1. The van der Waals surface area contributed by atoms with Crippen molar-refractivity contribution in [1.29, 1.82) is 0 Å². The van der Waals surface area contributed by atoms with E-state index in [0.717, 1.165) is 5.34 Å². The molecule has 0 aliphatic heterocycles. The Hall–Kier alpha value is 0.0234. The van der Waals surface area contributed by atoms with Crippen molar-refractivity contribution in [1.82, 2.24) is 0 Å². The van der Waals surface area contributed by atoms with Crippen LogP contribution < -0.4 is 0 Å². The van der Waals surface area contributed by atoms with Gasteiger partial charge in [0, 0.05) is 7.13 Å². The number of hydrogen-bond acceptors (Lipinski definition) is 3. The average molecular weight is 122 g/mol. The van der Waals surface area contributed by atoms with Gasteiger partial charge in [-0.25, -0.2) is 0 Å². The minimum absolute atomic E-state index is 0. The van der Waals surface area contributed by atoms with E-state index in [1.807, 2.05) is 0 Å². The van der Waals surface area contributed by atoms with Crippen LogP contribution in [0.2, 0.25) is 0 Å². The molecule has 3 nitrogen and oxygen atoms in total. The molecule has 4 heteroatoms. The third-order valence-corrected chi connectivity index (χ3v) is 0. The second-order valence-corrected chi connectivity index (χ2v) is 0.0745. The molecule has 0 aromatic carbocycles. The van der Waals surface area contributed by atoms with Gasteiger partial charge in [0.15, 0.2) is 0 Å². The molecular formula is H11NO2Zn. The largest absolute Gasteiger partial charge is 2.00 e. The van der Waals surface area contributed by atoms with Crippen LogP contribution >= 0.6 is 0 Å². The summed E-state index contributed by atoms with van der Waals surface area (Å²) in [4.78, 5) is 8.00. The molecule has 0 aliphatic rings. The molecule has 30 valence electrons. The van der Waals surface area contributed by atoms with Crippen LogP contribution in [0, 0.1) is 10.1 Å². The minimum Gasteiger partial charge on any atom is -1.00 e. The first-order valence-electron chi connectivity index (χ1n) is 0.365. The van der Waals surface area contributed by atoms with E-state index in [0.29, 0.717) is 0 Å². The Labute approximate surface area is 44.6 Å². The van der Waals surface area contributed by atoms with Crippen molar-refractivity contribution in [2.45, 2.75) is 0 Å². The van der Waals surface area contributed by atoms with Crippen molar-refractivity contribution in [2.75, 3.05) is 0 Å². The SMILES string of the molecule is O=N[O-].[H-].[HH].[HH].[HH].[HH].[HH].[Zn+2]. The third-order valence-electron chi connectivity index (χ3n) is 0. The summed E-state index contributed by atoms with van der Waals surface area (Å²) in [7, 11) is 0. The Morgan fingerprint density at radius 3 is 2.25 bits per heavy atom. The first-order chi connectivity index (χ1) is 1.41. The van der Waals surface area contributed by atoms with E-state index in [4.69, 9.17) is 10.1 Å². The van der Waals surface area contributed by atoms with E-state index < -0.39 is 0 Å². The summed E-state index contributed by atoms with van der Waals surface area (Å²) >= 11 is 0. The summed E-state index contributed by atoms with van der Waals surface area (Å²) in [5.41, 5.74) is 0. The van der Waals surface area contributed by atoms with Gasteiger partial charge in [-0.1, -0.05) is 0 Å². The van der Waals surface area contributed by atoms with Crippen LogP contribution in [-0.2, 0) is 19.5 Å². The Balaban J connectivity index is -0.000000000952. The molecule has 0 N–H and O–H groups in total. The Morgan fingerprint density at radius 1 is 2.25 bits per heavy atom. The summed E-state index contributed by atoms with van der Waals surface area (Å²) < 4.78 is 0. The molecule has 0 bridgehead atoms. The quantitative estimate of drug-likeness (QED) is 0.278. The van der Waals surface area contributed by atoms with Crippen LogP contribution in [0.5, 0.6) is 0 Å². The topological polar surface area (TPSA) is 52.5 Å². The molecule has 0 heterocycles. The molecule has 0 aromatic heterocycles. The number of nitrogens with zero attached hydrogens (tertiary/aromatic N) is 1. The van der Waals surface area contributed by atoms with Gasteiger partial charge in [0.05, 0.1) is 0 Å². The maximum atomic E-state index is 8.00. The van der Waals surface area contributed by atoms with Crippen LogP contribution in [0.25, 0.3) is 0 Å². The van der Waals surface area contributed by atoms with Gasteiger partial charge in [-0.2, -0.15) is 0 Å². The molecule has 0 aromatic rings. The predicted molar refractivity (Wildman–Crippen MR) is 20.8 cm³/mol. The summed E-state index contributed by atoms with van der Waals surface area (Å²) in [5, 5.41) is 9.00. The Kier molecular flexibility index (Phi) is 26.5. The van der Waals surface area contributed by atoms with Crippen molar-refractivity contribution in [3.63, 3.8) is 0 Å². The van der Waals surface area contributed by atoms with E-state index in [1.165, 1.54) is 0 Å². The zero-order valence-electron chi connectivity index (χ0n) is 2.97.